The van der Waals surface area contributed by atoms with Crippen LogP contribution in [0.15, 0.2) is 63.7 Å². The van der Waals surface area contributed by atoms with E-state index in [1.54, 1.807) is 12.1 Å². The molecule has 26 heavy (non-hydrogen) atoms. The highest BCUT2D eigenvalue weighted by atomic mass is 79.9. The molecule has 4 aromatic rings. The zero-order valence-electron chi connectivity index (χ0n) is 14.5. The molecule has 0 saturated carbocycles. The van der Waals surface area contributed by atoms with Gasteiger partial charge >= 0.3 is 0 Å². The number of fused-ring (bicyclic) bond motifs is 1. The first-order valence-corrected chi connectivity index (χ1v) is 9.09. The minimum atomic E-state index is -0.233. The van der Waals surface area contributed by atoms with Crippen LogP contribution in [0.1, 0.15) is 16.7 Å². The maximum Gasteiger partial charge on any atom is 0.233 e. The van der Waals surface area contributed by atoms with Crippen LogP contribution >= 0.6 is 15.9 Å². The van der Waals surface area contributed by atoms with Gasteiger partial charge < -0.3 is 4.42 Å². The molecule has 0 atom stereocenters. The largest absolute Gasteiger partial charge is 0.436 e. The zero-order chi connectivity index (χ0) is 18.3. The molecule has 3 nitrogen and oxygen atoms in total. The lowest BCUT2D eigenvalue weighted by Gasteiger charge is -2.01. The van der Waals surface area contributed by atoms with Crippen molar-refractivity contribution >= 4 is 27.0 Å². The Labute approximate surface area is 159 Å². The third-order valence-corrected chi connectivity index (χ3v) is 4.83. The molecule has 2 aromatic heterocycles. The van der Waals surface area contributed by atoms with E-state index in [0.717, 1.165) is 26.7 Å². The van der Waals surface area contributed by atoms with Crippen molar-refractivity contribution < 1.29 is 13.4 Å². The highest BCUT2D eigenvalue weighted by Crippen LogP contribution is 2.27. The molecule has 4 rings (SSSR count). The van der Waals surface area contributed by atoms with Crippen LogP contribution in [-0.2, 0) is 6.54 Å². The number of rotatable bonds is 3. The maximum absolute atomic E-state index is 13.4. The van der Waals surface area contributed by atoms with Crippen LogP contribution in [-0.4, -0.2) is 4.98 Å². The van der Waals surface area contributed by atoms with E-state index >= 15 is 0 Å². The average molecular weight is 412 g/mol. The Bertz CT molecular complexity index is 1080. The lowest BCUT2D eigenvalue weighted by Crippen LogP contribution is -2.33. The van der Waals surface area contributed by atoms with E-state index in [2.05, 4.69) is 34.8 Å². The second kappa shape index (κ2) is 6.65. The van der Waals surface area contributed by atoms with E-state index < -0.39 is 0 Å². The SMILES string of the molecule is Cc1cc2nc(-c3cc(Br)c[n+](Cc4cccc(F)c4)c3)oc2cc1C. The number of aromatic nitrogens is 2. The normalized spacial score (nSPS) is 11.2. The summed E-state index contributed by atoms with van der Waals surface area (Å²) in [5.41, 5.74) is 5.74. The number of aryl methyl sites for hydroxylation is 2. The Hall–Kier alpha value is -2.53. The minimum absolute atomic E-state index is 0.233. The molecule has 0 unspecified atom stereocenters. The van der Waals surface area contributed by atoms with Gasteiger partial charge in [0.15, 0.2) is 24.5 Å². The Kier molecular flexibility index (Phi) is 4.32. The molecule has 5 heteroatoms. The standard InChI is InChI=1S/C21H17BrFN2O/c1-13-6-19-20(7-14(13)2)26-21(24-19)16-9-17(22)12-25(11-16)10-15-4-3-5-18(23)8-15/h3-9,11-12H,10H2,1-2H3/q+1. The molecule has 130 valence electrons. The lowest BCUT2D eigenvalue weighted by molar-refractivity contribution is -0.688. The predicted molar refractivity (Wildman–Crippen MR) is 102 cm³/mol. The van der Waals surface area contributed by atoms with Crippen LogP contribution in [0.3, 0.4) is 0 Å². The van der Waals surface area contributed by atoms with E-state index in [1.807, 2.05) is 41.2 Å². The lowest BCUT2D eigenvalue weighted by atomic mass is 10.1. The van der Waals surface area contributed by atoms with Gasteiger partial charge in [-0.05, 0) is 71.2 Å². The highest BCUT2D eigenvalue weighted by molar-refractivity contribution is 9.10. The van der Waals surface area contributed by atoms with Crippen LogP contribution in [0.5, 0.6) is 0 Å². The van der Waals surface area contributed by atoms with Crippen molar-refractivity contribution in [3.63, 3.8) is 0 Å². The molecule has 0 amide bonds. The van der Waals surface area contributed by atoms with Gasteiger partial charge in [0.25, 0.3) is 0 Å². The summed E-state index contributed by atoms with van der Waals surface area (Å²) >= 11 is 3.54. The molecule has 0 aliphatic carbocycles. The summed E-state index contributed by atoms with van der Waals surface area (Å²) < 4.78 is 22.3. The van der Waals surface area contributed by atoms with Crippen molar-refractivity contribution in [2.75, 3.05) is 0 Å². The number of hydrogen-bond acceptors (Lipinski definition) is 2. The van der Waals surface area contributed by atoms with Crippen LogP contribution in [0.2, 0.25) is 0 Å². The summed E-state index contributed by atoms with van der Waals surface area (Å²) in [5.74, 6) is 0.335. The number of pyridine rings is 1. The molecule has 0 spiro atoms. The Morgan fingerprint density at radius 2 is 1.88 bits per heavy atom. The van der Waals surface area contributed by atoms with Crippen molar-refractivity contribution in [2.45, 2.75) is 20.4 Å². The molecular formula is C21H17BrFN2O+. The summed E-state index contributed by atoms with van der Waals surface area (Å²) in [5, 5.41) is 0. The van der Waals surface area contributed by atoms with Crippen LogP contribution in [0.4, 0.5) is 4.39 Å². The van der Waals surface area contributed by atoms with Gasteiger partial charge in [0.1, 0.15) is 16.9 Å². The fourth-order valence-corrected chi connectivity index (χ4v) is 3.46. The number of hydrogen-bond donors (Lipinski definition) is 0. The van der Waals surface area contributed by atoms with E-state index in [9.17, 15) is 4.39 Å². The van der Waals surface area contributed by atoms with Crippen molar-refractivity contribution in [2.24, 2.45) is 0 Å². The first-order chi connectivity index (χ1) is 12.5. The molecule has 2 aromatic carbocycles. The van der Waals surface area contributed by atoms with Gasteiger partial charge in [-0.15, -0.1) is 0 Å². The summed E-state index contributed by atoms with van der Waals surface area (Å²) in [4.78, 5) is 4.63. The topological polar surface area (TPSA) is 29.9 Å². The maximum atomic E-state index is 13.4. The van der Waals surface area contributed by atoms with E-state index in [1.165, 1.54) is 17.2 Å². The Balaban J connectivity index is 1.74. The third kappa shape index (κ3) is 3.40. The fraction of sp³-hybridized carbons (Fsp3) is 0.143. The molecule has 2 heterocycles. The quantitative estimate of drug-likeness (QED) is 0.425. The summed E-state index contributed by atoms with van der Waals surface area (Å²) in [7, 11) is 0. The monoisotopic (exact) mass is 411 g/mol. The second-order valence-corrected chi connectivity index (χ2v) is 7.38. The number of benzene rings is 2. The molecule has 0 aliphatic rings. The van der Waals surface area contributed by atoms with E-state index in [0.29, 0.717) is 12.4 Å². The van der Waals surface area contributed by atoms with Crippen molar-refractivity contribution in [3.05, 3.63) is 81.8 Å². The van der Waals surface area contributed by atoms with Crippen molar-refractivity contribution in [1.82, 2.24) is 4.98 Å². The molecule has 0 fully saturated rings. The first-order valence-electron chi connectivity index (χ1n) is 8.30. The second-order valence-electron chi connectivity index (χ2n) is 6.47. The molecular weight excluding hydrogens is 395 g/mol. The van der Waals surface area contributed by atoms with Crippen LogP contribution < -0.4 is 4.57 Å². The Morgan fingerprint density at radius 1 is 1.08 bits per heavy atom. The smallest absolute Gasteiger partial charge is 0.233 e. The molecule has 0 saturated heterocycles. The van der Waals surface area contributed by atoms with Gasteiger partial charge in [-0.3, -0.25) is 0 Å². The van der Waals surface area contributed by atoms with Gasteiger partial charge in [0.2, 0.25) is 5.89 Å². The minimum Gasteiger partial charge on any atom is -0.436 e. The van der Waals surface area contributed by atoms with Gasteiger partial charge in [-0.25, -0.2) is 9.37 Å². The molecule has 0 aliphatic heterocycles. The summed E-state index contributed by atoms with van der Waals surface area (Å²) in [6.45, 7) is 4.68. The van der Waals surface area contributed by atoms with E-state index in [4.69, 9.17) is 4.42 Å². The predicted octanol–water partition coefficient (Wildman–Crippen LogP) is 5.35. The number of oxazole rings is 1. The first kappa shape index (κ1) is 16.9. The van der Waals surface area contributed by atoms with Gasteiger partial charge in [0.05, 0.1) is 4.47 Å². The van der Waals surface area contributed by atoms with Crippen molar-refractivity contribution in [3.8, 4) is 11.5 Å². The molecule has 0 radical (unpaired) electrons. The molecule has 0 N–H and O–H groups in total. The summed E-state index contributed by atoms with van der Waals surface area (Å²) in [6.07, 6.45) is 3.91. The highest BCUT2D eigenvalue weighted by Gasteiger charge is 2.15. The number of halogens is 2. The van der Waals surface area contributed by atoms with Crippen molar-refractivity contribution in [1.29, 1.82) is 0 Å². The fourth-order valence-electron chi connectivity index (χ4n) is 2.96. The van der Waals surface area contributed by atoms with E-state index in [-0.39, 0.29) is 5.82 Å². The van der Waals surface area contributed by atoms with Gasteiger partial charge in [0, 0.05) is 5.56 Å². The zero-order valence-corrected chi connectivity index (χ0v) is 16.0. The van der Waals surface area contributed by atoms with Gasteiger partial charge in [-0.2, -0.15) is 4.57 Å². The number of nitrogens with zero attached hydrogens (tertiary/aromatic N) is 2. The van der Waals surface area contributed by atoms with Crippen LogP contribution in [0, 0.1) is 19.7 Å². The third-order valence-electron chi connectivity index (χ3n) is 4.39. The Morgan fingerprint density at radius 3 is 2.69 bits per heavy atom. The molecule has 0 bridgehead atoms. The average Bonchev–Trinajstić information content (AvgIpc) is 2.97. The summed E-state index contributed by atoms with van der Waals surface area (Å²) in [6, 6.07) is 12.6. The van der Waals surface area contributed by atoms with Gasteiger partial charge in [-0.1, -0.05) is 12.1 Å². The van der Waals surface area contributed by atoms with Crippen LogP contribution in [0.25, 0.3) is 22.6 Å².